The lowest BCUT2D eigenvalue weighted by atomic mass is 9.99. The zero-order chi connectivity index (χ0) is 14.3. The Labute approximate surface area is 116 Å². The minimum atomic E-state index is 0.244. The highest BCUT2D eigenvalue weighted by atomic mass is 16.5. The van der Waals surface area contributed by atoms with E-state index < -0.39 is 0 Å². The van der Waals surface area contributed by atoms with E-state index in [0.717, 1.165) is 38.4 Å². The van der Waals surface area contributed by atoms with Crippen LogP contribution >= 0.6 is 0 Å². The third-order valence-corrected chi connectivity index (χ3v) is 3.57. The number of hydrogen-bond acceptors (Lipinski definition) is 5. The molecule has 0 aliphatic heterocycles. The number of aromatic nitrogens is 2. The zero-order valence-corrected chi connectivity index (χ0v) is 12.9. The average Bonchev–Trinajstić information content (AvgIpc) is 2.90. The van der Waals surface area contributed by atoms with E-state index in [1.165, 1.54) is 0 Å². The fraction of sp³-hybridized carbons (Fsp3) is 0.857. The van der Waals surface area contributed by atoms with Crippen LogP contribution in [-0.2, 0) is 0 Å². The van der Waals surface area contributed by atoms with Crippen molar-refractivity contribution < 1.29 is 4.52 Å². The van der Waals surface area contributed by atoms with E-state index in [-0.39, 0.29) is 5.92 Å². The Kier molecular flexibility index (Phi) is 6.84. The molecule has 0 fully saturated rings. The number of hydrogen-bond donors (Lipinski definition) is 1. The molecule has 0 amide bonds. The molecule has 1 aromatic rings. The van der Waals surface area contributed by atoms with Crippen LogP contribution in [-0.4, -0.2) is 35.8 Å². The molecule has 0 aromatic carbocycles. The first-order chi connectivity index (χ1) is 9.17. The number of nitrogens with zero attached hydrogens (tertiary/aromatic N) is 3. The molecule has 5 nitrogen and oxygen atoms in total. The lowest BCUT2D eigenvalue weighted by molar-refractivity contribution is 0.319. The van der Waals surface area contributed by atoms with Crippen molar-refractivity contribution in [2.24, 2.45) is 0 Å². The molecule has 0 bridgehead atoms. The van der Waals surface area contributed by atoms with Crippen molar-refractivity contribution in [2.45, 2.75) is 59.4 Å². The fourth-order valence-electron chi connectivity index (χ4n) is 2.22. The first kappa shape index (κ1) is 16.0. The van der Waals surface area contributed by atoms with Crippen molar-refractivity contribution in [1.29, 1.82) is 0 Å². The molecule has 0 saturated heterocycles. The van der Waals surface area contributed by atoms with Crippen molar-refractivity contribution in [2.75, 3.05) is 24.5 Å². The molecule has 0 spiro atoms. The zero-order valence-electron chi connectivity index (χ0n) is 12.9. The van der Waals surface area contributed by atoms with Gasteiger partial charge in [-0.15, -0.1) is 0 Å². The Morgan fingerprint density at radius 2 is 1.89 bits per heavy atom. The summed E-state index contributed by atoms with van der Waals surface area (Å²) < 4.78 is 5.43. The highest BCUT2D eigenvalue weighted by Gasteiger charge is 2.23. The number of rotatable bonds is 9. The molecule has 1 rings (SSSR count). The summed E-state index contributed by atoms with van der Waals surface area (Å²) in [6, 6.07) is 0.393. The topological polar surface area (TPSA) is 54.2 Å². The normalized spacial score (nSPS) is 14.4. The van der Waals surface area contributed by atoms with E-state index in [2.05, 4.69) is 55.0 Å². The minimum Gasteiger partial charge on any atom is -0.339 e. The maximum absolute atomic E-state index is 5.43. The standard InChI is InChI=1S/C14H28N4O/c1-6-10-15-12(7-2)11(5)13-16-14(17-19-13)18(8-3)9-4/h11-12,15H,6-10H2,1-5H3. The van der Waals surface area contributed by atoms with Crippen LogP contribution in [0.5, 0.6) is 0 Å². The van der Waals surface area contributed by atoms with E-state index in [0.29, 0.717) is 12.0 Å². The maximum Gasteiger partial charge on any atom is 0.266 e. The van der Waals surface area contributed by atoms with E-state index in [4.69, 9.17) is 4.52 Å². The molecular weight excluding hydrogens is 240 g/mol. The highest BCUT2D eigenvalue weighted by Crippen LogP contribution is 2.21. The van der Waals surface area contributed by atoms with Crippen LogP contribution in [0.1, 0.15) is 59.3 Å². The summed E-state index contributed by atoms with van der Waals surface area (Å²) in [6.45, 7) is 13.5. The van der Waals surface area contributed by atoms with Crippen LogP contribution in [0.2, 0.25) is 0 Å². The fourth-order valence-corrected chi connectivity index (χ4v) is 2.22. The maximum atomic E-state index is 5.43. The summed E-state index contributed by atoms with van der Waals surface area (Å²) in [5.74, 6) is 1.68. The third kappa shape index (κ3) is 4.20. The van der Waals surface area contributed by atoms with Crippen molar-refractivity contribution in [3.63, 3.8) is 0 Å². The van der Waals surface area contributed by atoms with Gasteiger partial charge in [0.15, 0.2) is 0 Å². The largest absolute Gasteiger partial charge is 0.339 e. The second kappa shape index (κ2) is 8.15. The molecule has 5 heteroatoms. The lowest BCUT2D eigenvalue weighted by Crippen LogP contribution is -2.34. The Balaban J connectivity index is 2.73. The summed E-state index contributed by atoms with van der Waals surface area (Å²) in [4.78, 5) is 6.63. The van der Waals surface area contributed by atoms with Gasteiger partial charge >= 0.3 is 0 Å². The van der Waals surface area contributed by atoms with Gasteiger partial charge in [-0.05, 0) is 38.4 Å². The summed E-state index contributed by atoms with van der Waals surface area (Å²) in [7, 11) is 0. The Bertz CT molecular complexity index is 349. The minimum absolute atomic E-state index is 0.244. The third-order valence-electron chi connectivity index (χ3n) is 3.57. The van der Waals surface area contributed by atoms with Gasteiger partial charge in [0.05, 0.1) is 5.92 Å². The van der Waals surface area contributed by atoms with Gasteiger partial charge in [-0.1, -0.05) is 20.8 Å². The first-order valence-electron chi connectivity index (χ1n) is 7.49. The summed E-state index contributed by atoms with van der Waals surface area (Å²) in [6.07, 6.45) is 2.20. The smallest absolute Gasteiger partial charge is 0.266 e. The quantitative estimate of drug-likeness (QED) is 0.746. The molecule has 1 aromatic heterocycles. The van der Waals surface area contributed by atoms with Crippen molar-refractivity contribution in [1.82, 2.24) is 15.5 Å². The molecule has 110 valence electrons. The number of anilines is 1. The highest BCUT2D eigenvalue weighted by molar-refractivity contribution is 5.27. The van der Waals surface area contributed by atoms with Crippen molar-refractivity contribution in [3.05, 3.63) is 5.89 Å². The predicted molar refractivity (Wildman–Crippen MR) is 78.6 cm³/mol. The van der Waals surface area contributed by atoms with Crippen LogP contribution < -0.4 is 10.2 Å². The molecular formula is C14H28N4O. The second-order valence-electron chi connectivity index (χ2n) is 4.86. The summed E-state index contributed by atoms with van der Waals surface area (Å²) in [5, 5.41) is 7.63. The van der Waals surface area contributed by atoms with E-state index in [9.17, 15) is 0 Å². The molecule has 0 aliphatic carbocycles. The molecule has 0 aliphatic rings. The molecule has 2 atom stereocenters. The predicted octanol–water partition coefficient (Wildman–Crippen LogP) is 2.80. The number of nitrogens with one attached hydrogen (secondary N) is 1. The van der Waals surface area contributed by atoms with Gasteiger partial charge in [-0.25, -0.2) is 0 Å². The Morgan fingerprint density at radius 3 is 2.42 bits per heavy atom. The van der Waals surface area contributed by atoms with E-state index in [1.807, 2.05) is 0 Å². The molecule has 0 radical (unpaired) electrons. The van der Waals surface area contributed by atoms with Crippen LogP contribution in [0, 0.1) is 0 Å². The molecule has 2 unspecified atom stereocenters. The molecule has 1 heterocycles. The van der Waals surface area contributed by atoms with E-state index >= 15 is 0 Å². The van der Waals surface area contributed by atoms with Crippen LogP contribution in [0.15, 0.2) is 4.52 Å². The van der Waals surface area contributed by atoms with Crippen LogP contribution in [0.3, 0.4) is 0 Å². The molecule has 19 heavy (non-hydrogen) atoms. The second-order valence-corrected chi connectivity index (χ2v) is 4.86. The van der Waals surface area contributed by atoms with E-state index in [1.54, 1.807) is 0 Å². The van der Waals surface area contributed by atoms with Gasteiger partial charge in [-0.2, -0.15) is 4.98 Å². The Morgan fingerprint density at radius 1 is 1.21 bits per heavy atom. The van der Waals surface area contributed by atoms with Crippen molar-refractivity contribution >= 4 is 5.95 Å². The summed E-state index contributed by atoms with van der Waals surface area (Å²) >= 11 is 0. The monoisotopic (exact) mass is 268 g/mol. The van der Waals surface area contributed by atoms with Gasteiger partial charge in [0.1, 0.15) is 0 Å². The van der Waals surface area contributed by atoms with Gasteiger partial charge in [0.2, 0.25) is 5.89 Å². The average molecular weight is 268 g/mol. The van der Waals surface area contributed by atoms with Gasteiger partial charge in [0, 0.05) is 19.1 Å². The first-order valence-corrected chi connectivity index (χ1v) is 7.49. The lowest BCUT2D eigenvalue weighted by Gasteiger charge is -2.21. The van der Waals surface area contributed by atoms with Gasteiger partial charge in [-0.3, -0.25) is 0 Å². The summed E-state index contributed by atoms with van der Waals surface area (Å²) in [5.41, 5.74) is 0. The van der Waals surface area contributed by atoms with Crippen LogP contribution in [0.4, 0.5) is 5.95 Å². The Hall–Kier alpha value is -1.10. The molecule has 0 saturated carbocycles. The SMILES string of the molecule is CCCNC(CC)C(C)c1nc(N(CC)CC)no1. The molecule has 1 N–H and O–H groups in total. The van der Waals surface area contributed by atoms with Crippen molar-refractivity contribution in [3.8, 4) is 0 Å². The van der Waals surface area contributed by atoms with Gasteiger partial charge < -0.3 is 14.7 Å². The van der Waals surface area contributed by atoms with Gasteiger partial charge in [0.25, 0.3) is 5.95 Å². The van der Waals surface area contributed by atoms with Crippen LogP contribution in [0.25, 0.3) is 0 Å².